The van der Waals surface area contributed by atoms with E-state index < -0.39 is 0 Å². The minimum atomic E-state index is 0.681. The first kappa shape index (κ1) is 11.5. The molecule has 1 N–H and O–H groups in total. The van der Waals surface area contributed by atoms with Gasteiger partial charge in [-0.25, -0.2) is 0 Å². The zero-order chi connectivity index (χ0) is 12.4. The second-order valence-corrected chi connectivity index (χ2v) is 5.05. The Kier molecular flexibility index (Phi) is 3.15. The van der Waals surface area contributed by atoms with Crippen LogP contribution in [-0.2, 0) is 6.54 Å². The van der Waals surface area contributed by atoms with Gasteiger partial charge in [-0.1, -0.05) is 18.2 Å². The summed E-state index contributed by atoms with van der Waals surface area (Å²) in [4.78, 5) is 11.2. The molecule has 0 aliphatic carbocycles. The Hall–Kier alpha value is -1.61. The van der Waals surface area contributed by atoms with Gasteiger partial charge in [-0.05, 0) is 44.0 Å². The van der Waals surface area contributed by atoms with Crippen molar-refractivity contribution in [2.24, 2.45) is 5.92 Å². The summed E-state index contributed by atoms with van der Waals surface area (Å²) in [5, 5.41) is 4.54. The fraction of sp³-hybridized carbons (Fsp3) is 0.400. The second kappa shape index (κ2) is 4.94. The molecule has 1 aliphatic heterocycles. The molecule has 0 atom stereocenters. The van der Waals surface area contributed by atoms with Gasteiger partial charge in [-0.2, -0.15) is 0 Å². The highest BCUT2D eigenvalue weighted by Gasteiger charge is 2.16. The van der Waals surface area contributed by atoms with Crippen molar-refractivity contribution in [2.45, 2.75) is 19.4 Å². The second-order valence-electron chi connectivity index (χ2n) is 5.05. The van der Waals surface area contributed by atoms with Gasteiger partial charge in [0.15, 0.2) is 6.29 Å². The number of hydrogen-bond donors (Lipinski definition) is 1. The highest BCUT2D eigenvalue weighted by atomic mass is 16.1. The molecular weight excluding hydrogens is 224 g/mol. The molecule has 3 heteroatoms. The number of piperidine rings is 1. The van der Waals surface area contributed by atoms with Gasteiger partial charge in [0, 0.05) is 17.4 Å². The molecule has 0 radical (unpaired) electrons. The molecule has 0 spiro atoms. The Labute approximate surface area is 107 Å². The molecule has 2 aromatic rings. The van der Waals surface area contributed by atoms with Crippen LogP contribution in [0.2, 0.25) is 0 Å². The van der Waals surface area contributed by atoms with E-state index >= 15 is 0 Å². The summed E-state index contributed by atoms with van der Waals surface area (Å²) >= 11 is 0. The van der Waals surface area contributed by atoms with Gasteiger partial charge in [0.05, 0.1) is 5.69 Å². The SMILES string of the molecule is O=Cc1cc2ccccc2n1CC1CCNCC1. The zero-order valence-electron chi connectivity index (χ0n) is 10.4. The number of para-hydroxylation sites is 1. The Bertz CT molecular complexity index is 553. The van der Waals surface area contributed by atoms with Crippen molar-refractivity contribution in [1.82, 2.24) is 9.88 Å². The number of carbonyl (C=O) groups excluding carboxylic acids is 1. The van der Waals surface area contributed by atoms with Gasteiger partial charge >= 0.3 is 0 Å². The minimum absolute atomic E-state index is 0.681. The molecule has 2 heterocycles. The number of benzene rings is 1. The Morgan fingerprint density at radius 2 is 2.06 bits per heavy atom. The van der Waals surface area contributed by atoms with Crippen LogP contribution in [0, 0.1) is 5.92 Å². The van der Waals surface area contributed by atoms with Crippen molar-refractivity contribution in [1.29, 1.82) is 0 Å². The number of nitrogens with one attached hydrogen (secondary N) is 1. The summed E-state index contributed by atoms with van der Waals surface area (Å²) in [5.41, 5.74) is 1.98. The average molecular weight is 242 g/mol. The van der Waals surface area contributed by atoms with Crippen molar-refractivity contribution in [3.63, 3.8) is 0 Å². The van der Waals surface area contributed by atoms with E-state index in [4.69, 9.17) is 0 Å². The van der Waals surface area contributed by atoms with E-state index in [9.17, 15) is 4.79 Å². The number of aromatic nitrogens is 1. The molecule has 3 nitrogen and oxygen atoms in total. The molecule has 1 aromatic heterocycles. The van der Waals surface area contributed by atoms with Gasteiger partial charge < -0.3 is 9.88 Å². The Balaban J connectivity index is 1.95. The first-order valence-corrected chi connectivity index (χ1v) is 6.62. The standard InChI is InChI=1S/C15H18N2O/c18-11-14-9-13-3-1-2-4-15(13)17(14)10-12-5-7-16-8-6-12/h1-4,9,11-12,16H,5-8,10H2. The van der Waals surface area contributed by atoms with E-state index in [0.29, 0.717) is 5.92 Å². The van der Waals surface area contributed by atoms with Crippen LogP contribution >= 0.6 is 0 Å². The monoisotopic (exact) mass is 242 g/mol. The van der Waals surface area contributed by atoms with E-state index in [-0.39, 0.29) is 0 Å². The zero-order valence-corrected chi connectivity index (χ0v) is 10.4. The molecule has 1 fully saturated rings. The number of fused-ring (bicyclic) bond motifs is 1. The summed E-state index contributed by atoms with van der Waals surface area (Å²) in [6.07, 6.45) is 3.37. The van der Waals surface area contributed by atoms with Crippen molar-refractivity contribution < 1.29 is 4.79 Å². The molecule has 1 saturated heterocycles. The number of rotatable bonds is 3. The first-order chi connectivity index (χ1) is 8.88. The molecule has 3 rings (SSSR count). The lowest BCUT2D eigenvalue weighted by Crippen LogP contribution is -2.30. The third-order valence-electron chi connectivity index (χ3n) is 3.86. The molecule has 0 saturated carbocycles. The average Bonchev–Trinajstić information content (AvgIpc) is 2.78. The normalized spacial score (nSPS) is 17.1. The van der Waals surface area contributed by atoms with Crippen LogP contribution in [0.3, 0.4) is 0 Å². The highest BCUT2D eigenvalue weighted by molar-refractivity contribution is 5.88. The number of carbonyl (C=O) groups is 1. The van der Waals surface area contributed by atoms with E-state index in [1.54, 1.807) is 0 Å². The molecule has 0 amide bonds. The molecule has 18 heavy (non-hydrogen) atoms. The first-order valence-electron chi connectivity index (χ1n) is 6.62. The van der Waals surface area contributed by atoms with Crippen molar-refractivity contribution in [2.75, 3.05) is 13.1 Å². The quantitative estimate of drug-likeness (QED) is 0.839. The van der Waals surface area contributed by atoms with E-state index in [0.717, 1.165) is 37.0 Å². The maximum absolute atomic E-state index is 11.2. The predicted molar refractivity (Wildman–Crippen MR) is 72.9 cm³/mol. The van der Waals surface area contributed by atoms with Crippen LogP contribution in [0.1, 0.15) is 23.3 Å². The van der Waals surface area contributed by atoms with Crippen LogP contribution in [0.25, 0.3) is 10.9 Å². The maximum atomic E-state index is 11.2. The fourth-order valence-electron chi connectivity index (χ4n) is 2.86. The largest absolute Gasteiger partial charge is 0.338 e. The number of aldehydes is 1. The molecule has 94 valence electrons. The molecule has 1 aliphatic rings. The summed E-state index contributed by atoms with van der Waals surface area (Å²) in [6.45, 7) is 3.16. The summed E-state index contributed by atoms with van der Waals surface area (Å²) in [7, 11) is 0. The maximum Gasteiger partial charge on any atom is 0.166 e. The third-order valence-corrected chi connectivity index (χ3v) is 3.86. The van der Waals surface area contributed by atoms with E-state index in [2.05, 4.69) is 22.0 Å². The summed E-state index contributed by atoms with van der Waals surface area (Å²) in [6, 6.07) is 10.2. The summed E-state index contributed by atoms with van der Waals surface area (Å²) in [5.74, 6) is 0.681. The van der Waals surface area contributed by atoms with Crippen LogP contribution in [-0.4, -0.2) is 23.9 Å². The Morgan fingerprint density at radius 1 is 1.28 bits per heavy atom. The van der Waals surface area contributed by atoms with E-state index in [1.165, 1.54) is 18.4 Å². The lowest BCUT2D eigenvalue weighted by molar-refractivity contribution is 0.111. The van der Waals surface area contributed by atoms with Crippen molar-refractivity contribution in [3.8, 4) is 0 Å². The highest BCUT2D eigenvalue weighted by Crippen LogP contribution is 2.23. The molecule has 0 unspecified atom stereocenters. The van der Waals surface area contributed by atoms with Crippen molar-refractivity contribution in [3.05, 3.63) is 36.0 Å². The van der Waals surface area contributed by atoms with Crippen LogP contribution in [0.15, 0.2) is 30.3 Å². The minimum Gasteiger partial charge on any atom is -0.338 e. The molecule has 0 bridgehead atoms. The molecule has 1 aromatic carbocycles. The predicted octanol–water partition coefficient (Wildman–Crippen LogP) is 2.45. The molecular formula is C15H18N2O. The van der Waals surface area contributed by atoms with Crippen LogP contribution < -0.4 is 5.32 Å². The smallest absolute Gasteiger partial charge is 0.166 e. The van der Waals surface area contributed by atoms with Crippen molar-refractivity contribution >= 4 is 17.2 Å². The number of nitrogens with zero attached hydrogens (tertiary/aromatic N) is 1. The van der Waals surface area contributed by atoms with Crippen LogP contribution in [0.5, 0.6) is 0 Å². The van der Waals surface area contributed by atoms with Gasteiger partial charge in [0.25, 0.3) is 0 Å². The van der Waals surface area contributed by atoms with Gasteiger partial charge in [-0.3, -0.25) is 4.79 Å². The lowest BCUT2D eigenvalue weighted by Gasteiger charge is -2.24. The van der Waals surface area contributed by atoms with E-state index in [1.807, 2.05) is 18.2 Å². The lowest BCUT2D eigenvalue weighted by atomic mass is 9.98. The number of hydrogen-bond acceptors (Lipinski definition) is 2. The Morgan fingerprint density at radius 3 is 2.83 bits per heavy atom. The van der Waals surface area contributed by atoms with Gasteiger partial charge in [-0.15, -0.1) is 0 Å². The third kappa shape index (κ3) is 2.06. The topological polar surface area (TPSA) is 34.0 Å². The summed E-state index contributed by atoms with van der Waals surface area (Å²) < 4.78 is 2.18. The van der Waals surface area contributed by atoms with Crippen LogP contribution in [0.4, 0.5) is 0 Å². The fourth-order valence-corrected chi connectivity index (χ4v) is 2.86. The van der Waals surface area contributed by atoms with Gasteiger partial charge in [0.1, 0.15) is 0 Å². The van der Waals surface area contributed by atoms with Gasteiger partial charge in [0.2, 0.25) is 0 Å².